The van der Waals surface area contributed by atoms with Gasteiger partial charge in [-0.15, -0.1) is 0 Å². The highest BCUT2D eigenvalue weighted by atomic mass is 16.5. The summed E-state index contributed by atoms with van der Waals surface area (Å²) in [6.45, 7) is 2.50. The maximum absolute atomic E-state index is 12.2. The van der Waals surface area contributed by atoms with Crippen LogP contribution in [0, 0.1) is 6.92 Å². The lowest BCUT2D eigenvalue weighted by atomic mass is 10.1. The molecule has 0 bridgehead atoms. The van der Waals surface area contributed by atoms with Crippen LogP contribution in [0.5, 0.6) is 0 Å². The Morgan fingerprint density at radius 2 is 1.95 bits per heavy atom. The fourth-order valence-corrected chi connectivity index (χ4v) is 2.17. The van der Waals surface area contributed by atoms with Crippen LogP contribution in [0.4, 0.5) is 0 Å². The zero-order valence-corrected chi connectivity index (χ0v) is 12.4. The molecular weight excluding hydrogens is 264 g/mol. The van der Waals surface area contributed by atoms with Crippen molar-refractivity contribution in [3.63, 3.8) is 0 Å². The Kier molecular flexibility index (Phi) is 5.46. The lowest BCUT2D eigenvalue weighted by Crippen LogP contribution is -2.32. The number of nitrogens with one attached hydrogen (secondary N) is 1. The van der Waals surface area contributed by atoms with Gasteiger partial charge in [-0.3, -0.25) is 9.78 Å². The van der Waals surface area contributed by atoms with E-state index < -0.39 is 6.10 Å². The highest BCUT2D eigenvalue weighted by Crippen LogP contribution is 2.15. The minimum absolute atomic E-state index is 0.128. The monoisotopic (exact) mass is 284 g/mol. The van der Waals surface area contributed by atoms with E-state index in [4.69, 9.17) is 4.74 Å². The average molecular weight is 284 g/mol. The van der Waals surface area contributed by atoms with Gasteiger partial charge in [-0.2, -0.15) is 0 Å². The molecule has 4 heteroatoms. The first-order valence-corrected chi connectivity index (χ1v) is 6.98. The summed E-state index contributed by atoms with van der Waals surface area (Å²) in [5, 5.41) is 2.90. The van der Waals surface area contributed by atoms with Crippen molar-refractivity contribution in [2.24, 2.45) is 0 Å². The number of carbonyl (C=O) groups is 1. The molecule has 1 N–H and O–H groups in total. The van der Waals surface area contributed by atoms with Crippen molar-refractivity contribution in [1.82, 2.24) is 10.3 Å². The van der Waals surface area contributed by atoms with E-state index in [1.54, 1.807) is 7.11 Å². The fraction of sp³-hybridized carbons (Fsp3) is 0.294. The normalized spacial score (nSPS) is 11.9. The Balaban J connectivity index is 1.89. The molecule has 1 amide bonds. The Bertz CT molecular complexity index is 584. The summed E-state index contributed by atoms with van der Waals surface area (Å²) in [6.07, 6.45) is 0.134. The van der Waals surface area contributed by atoms with Crippen molar-refractivity contribution >= 4 is 5.91 Å². The third-order valence-electron chi connectivity index (χ3n) is 3.20. The molecule has 0 aliphatic heterocycles. The molecule has 1 atom stereocenters. The minimum Gasteiger partial charge on any atom is -0.367 e. The third kappa shape index (κ3) is 4.39. The summed E-state index contributed by atoms with van der Waals surface area (Å²) in [7, 11) is 1.54. The van der Waals surface area contributed by atoms with E-state index in [9.17, 15) is 4.79 Å². The fourth-order valence-electron chi connectivity index (χ4n) is 2.17. The van der Waals surface area contributed by atoms with E-state index in [1.165, 1.54) is 0 Å². The first-order chi connectivity index (χ1) is 10.2. The van der Waals surface area contributed by atoms with E-state index in [-0.39, 0.29) is 5.91 Å². The van der Waals surface area contributed by atoms with Crippen molar-refractivity contribution in [2.75, 3.05) is 13.7 Å². The van der Waals surface area contributed by atoms with Crippen LogP contribution in [0.25, 0.3) is 0 Å². The average Bonchev–Trinajstić information content (AvgIpc) is 2.49. The number of rotatable bonds is 6. The predicted molar refractivity (Wildman–Crippen MR) is 81.9 cm³/mol. The van der Waals surface area contributed by atoms with Gasteiger partial charge in [0.2, 0.25) is 0 Å². The molecule has 110 valence electrons. The molecule has 21 heavy (non-hydrogen) atoms. The van der Waals surface area contributed by atoms with Gasteiger partial charge in [-0.05, 0) is 24.6 Å². The number of benzene rings is 1. The standard InChI is InChI=1S/C17H20N2O2/c1-13-7-6-10-15(19-13)11-12-18-17(20)16(21-2)14-8-4-3-5-9-14/h3-10,16H,11-12H2,1-2H3,(H,18,20)/t16-/m1/s1. The lowest BCUT2D eigenvalue weighted by Gasteiger charge is -2.15. The van der Waals surface area contributed by atoms with Gasteiger partial charge in [0.05, 0.1) is 0 Å². The molecule has 2 aromatic rings. The number of methoxy groups -OCH3 is 1. The van der Waals surface area contributed by atoms with Crippen molar-refractivity contribution in [2.45, 2.75) is 19.4 Å². The number of pyridine rings is 1. The SMILES string of the molecule is CO[C@@H](C(=O)NCCc1cccc(C)n1)c1ccccc1. The summed E-state index contributed by atoms with van der Waals surface area (Å²) in [5.41, 5.74) is 2.81. The minimum atomic E-state index is -0.573. The van der Waals surface area contributed by atoms with E-state index >= 15 is 0 Å². The zero-order valence-electron chi connectivity index (χ0n) is 12.4. The topological polar surface area (TPSA) is 51.2 Å². The molecule has 0 saturated carbocycles. The number of aromatic nitrogens is 1. The number of nitrogens with zero attached hydrogens (tertiary/aromatic N) is 1. The van der Waals surface area contributed by atoms with Gasteiger partial charge in [0.25, 0.3) is 5.91 Å². The maximum Gasteiger partial charge on any atom is 0.253 e. The van der Waals surface area contributed by atoms with Gasteiger partial charge in [-0.25, -0.2) is 0 Å². The zero-order chi connectivity index (χ0) is 15.1. The summed E-state index contributed by atoms with van der Waals surface area (Å²) in [4.78, 5) is 16.6. The second kappa shape index (κ2) is 7.55. The van der Waals surface area contributed by atoms with Crippen LogP contribution < -0.4 is 5.32 Å². The smallest absolute Gasteiger partial charge is 0.253 e. The number of aryl methyl sites for hydroxylation is 1. The number of hydrogen-bond donors (Lipinski definition) is 1. The molecule has 0 aliphatic rings. The van der Waals surface area contributed by atoms with Crippen LogP contribution in [0.3, 0.4) is 0 Å². The van der Waals surface area contributed by atoms with Crippen molar-refractivity contribution in [1.29, 1.82) is 0 Å². The Morgan fingerprint density at radius 3 is 2.62 bits per heavy atom. The van der Waals surface area contributed by atoms with E-state index in [0.29, 0.717) is 13.0 Å². The summed E-state index contributed by atoms with van der Waals surface area (Å²) in [6, 6.07) is 15.4. The van der Waals surface area contributed by atoms with Gasteiger partial charge < -0.3 is 10.1 Å². The molecule has 0 radical (unpaired) electrons. The van der Waals surface area contributed by atoms with E-state index in [1.807, 2.05) is 55.5 Å². The highest BCUT2D eigenvalue weighted by molar-refractivity contribution is 5.82. The van der Waals surface area contributed by atoms with Crippen LogP contribution in [0.2, 0.25) is 0 Å². The molecule has 1 aromatic carbocycles. The number of hydrogen-bond acceptors (Lipinski definition) is 3. The third-order valence-corrected chi connectivity index (χ3v) is 3.20. The molecule has 1 aromatic heterocycles. The lowest BCUT2D eigenvalue weighted by molar-refractivity contribution is -0.131. The molecule has 0 fully saturated rings. The highest BCUT2D eigenvalue weighted by Gasteiger charge is 2.18. The quantitative estimate of drug-likeness (QED) is 0.886. The largest absolute Gasteiger partial charge is 0.367 e. The maximum atomic E-state index is 12.2. The first kappa shape index (κ1) is 15.2. The Labute approximate surface area is 125 Å². The van der Waals surface area contributed by atoms with Gasteiger partial charge in [-0.1, -0.05) is 36.4 Å². The molecule has 4 nitrogen and oxygen atoms in total. The molecule has 0 saturated heterocycles. The molecule has 0 spiro atoms. The molecular formula is C17H20N2O2. The Hall–Kier alpha value is -2.20. The van der Waals surface area contributed by atoms with Crippen molar-refractivity contribution in [3.05, 3.63) is 65.5 Å². The van der Waals surface area contributed by atoms with Crippen molar-refractivity contribution < 1.29 is 9.53 Å². The molecule has 0 unspecified atom stereocenters. The van der Waals surface area contributed by atoms with Gasteiger partial charge in [0.1, 0.15) is 0 Å². The summed E-state index contributed by atoms with van der Waals surface area (Å²) >= 11 is 0. The second-order valence-electron chi connectivity index (χ2n) is 4.84. The first-order valence-electron chi connectivity index (χ1n) is 6.98. The van der Waals surface area contributed by atoms with Crippen LogP contribution in [-0.4, -0.2) is 24.5 Å². The summed E-state index contributed by atoms with van der Waals surface area (Å²) in [5.74, 6) is -0.128. The van der Waals surface area contributed by atoms with Crippen LogP contribution >= 0.6 is 0 Å². The van der Waals surface area contributed by atoms with Gasteiger partial charge in [0, 0.05) is 31.5 Å². The van der Waals surface area contributed by atoms with E-state index in [0.717, 1.165) is 17.0 Å². The van der Waals surface area contributed by atoms with Crippen LogP contribution in [0.15, 0.2) is 48.5 Å². The molecule has 2 rings (SSSR count). The molecule has 1 heterocycles. The van der Waals surface area contributed by atoms with E-state index in [2.05, 4.69) is 10.3 Å². The number of carbonyl (C=O) groups excluding carboxylic acids is 1. The van der Waals surface area contributed by atoms with Gasteiger partial charge in [0.15, 0.2) is 6.10 Å². The Morgan fingerprint density at radius 1 is 1.19 bits per heavy atom. The van der Waals surface area contributed by atoms with Crippen molar-refractivity contribution in [3.8, 4) is 0 Å². The molecule has 0 aliphatic carbocycles. The van der Waals surface area contributed by atoms with Crippen LogP contribution in [-0.2, 0) is 16.0 Å². The predicted octanol–water partition coefficient (Wildman–Crippen LogP) is 2.44. The van der Waals surface area contributed by atoms with Crippen LogP contribution in [0.1, 0.15) is 23.1 Å². The number of amides is 1. The second-order valence-corrected chi connectivity index (χ2v) is 4.84. The summed E-state index contributed by atoms with van der Waals surface area (Å²) < 4.78 is 5.29. The van der Waals surface area contributed by atoms with Gasteiger partial charge >= 0.3 is 0 Å². The number of ether oxygens (including phenoxy) is 1.